The van der Waals surface area contributed by atoms with Crippen molar-refractivity contribution in [3.05, 3.63) is 35.9 Å². The molecule has 14 heavy (non-hydrogen) atoms. The van der Waals surface area contributed by atoms with Crippen molar-refractivity contribution < 1.29 is 0 Å². The molecule has 0 radical (unpaired) electrons. The summed E-state index contributed by atoms with van der Waals surface area (Å²) in [5.41, 5.74) is 1.14. The van der Waals surface area contributed by atoms with Gasteiger partial charge in [0.15, 0.2) is 0 Å². The van der Waals surface area contributed by atoms with E-state index in [0.717, 1.165) is 12.1 Å². The van der Waals surface area contributed by atoms with Crippen molar-refractivity contribution in [1.82, 2.24) is 5.32 Å². The highest BCUT2D eigenvalue weighted by Crippen LogP contribution is 2.23. The fourth-order valence-corrected chi connectivity index (χ4v) is 1.65. The van der Waals surface area contributed by atoms with E-state index >= 15 is 0 Å². The first-order chi connectivity index (χ1) is 6.75. The molecule has 0 aliphatic heterocycles. The minimum atomic E-state index is -0.000540. The molecule has 0 spiro atoms. The first-order valence-corrected chi connectivity index (χ1v) is 5.71. The molecule has 1 N–H and O–H groups in total. The number of hydrogen-bond acceptors (Lipinski definition) is 1. The van der Waals surface area contributed by atoms with Crippen molar-refractivity contribution in [2.75, 3.05) is 12.4 Å². The van der Waals surface area contributed by atoms with Crippen LogP contribution in [-0.2, 0) is 0 Å². The van der Waals surface area contributed by atoms with Crippen LogP contribution in [0.3, 0.4) is 0 Å². The maximum absolute atomic E-state index is 6.29. The zero-order valence-corrected chi connectivity index (χ0v) is 9.72. The Morgan fingerprint density at radius 3 is 2.50 bits per heavy atom. The van der Waals surface area contributed by atoms with Crippen LogP contribution in [0.15, 0.2) is 30.3 Å². The molecule has 0 amide bonds. The van der Waals surface area contributed by atoms with Crippen molar-refractivity contribution >= 4 is 23.2 Å². The summed E-state index contributed by atoms with van der Waals surface area (Å²) in [6, 6.07) is 10.3. The standard InChI is InChI=1S/C11H15Cl2N/c1-9(14-8-7-12)11(13)10-5-3-2-4-6-10/h2-6,9,11,14H,7-8H2,1H3. The summed E-state index contributed by atoms with van der Waals surface area (Å²) in [5, 5.41) is 3.27. The van der Waals surface area contributed by atoms with Gasteiger partial charge in [-0.1, -0.05) is 30.3 Å². The SMILES string of the molecule is CC(NCCCl)C(Cl)c1ccccc1. The smallest absolute Gasteiger partial charge is 0.0735 e. The molecule has 0 aliphatic carbocycles. The molecule has 78 valence electrons. The fourth-order valence-electron chi connectivity index (χ4n) is 1.31. The average molecular weight is 232 g/mol. The van der Waals surface area contributed by atoms with Crippen molar-refractivity contribution in [2.24, 2.45) is 0 Å². The molecule has 0 heterocycles. The van der Waals surface area contributed by atoms with Crippen molar-refractivity contribution in [2.45, 2.75) is 18.3 Å². The van der Waals surface area contributed by atoms with E-state index < -0.39 is 0 Å². The average Bonchev–Trinajstić information content (AvgIpc) is 2.26. The molecule has 1 aromatic carbocycles. The number of halogens is 2. The van der Waals surface area contributed by atoms with Crippen molar-refractivity contribution in [3.63, 3.8) is 0 Å². The predicted octanol–water partition coefficient (Wildman–Crippen LogP) is 3.18. The van der Waals surface area contributed by atoms with Crippen LogP contribution in [0.4, 0.5) is 0 Å². The lowest BCUT2D eigenvalue weighted by Gasteiger charge is -2.19. The van der Waals surface area contributed by atoms with Gasteiger partial charge >= 0.3 is 0 Å². The number of nitrogens with one attached hydrogen (secondary N) is 1. The molecular weight excluding hydrogens is 217 g/mol. The fraction of sp³-hybridized carbons (Fsp3) is 0.455. The normalized spacial score (nSPS) is 15.1. The molecular formula is C11H15Cl2N. The summed E-state index contributed by atoms with van der Waals surface area (Å²) in [6.45, 7) is 2.86. The molecule has 0 fully saturated rings. The zero-order valence-electron chi connectivity index (χ0n) is 8.21. The van der Waals surface area contributed by atoms with Gasteiger partial charge in [0.05, 0.1) is 5.38 Å². The lowest BCUT2D eigenvalue weighted by atomic mass is 10.1. The number of alkyl halides is 2. The van der Waals surface area contributed by atoms with E-state index in [4.69, 9.17) is 23.2 Å². The Balaban J connectivity index is 2.52. The summed E-state index contributed by atoms with van der Waals surface area (Å²) in [4.78, 5) is 0. The van der Waals surface area contributed by atoms with Gasteiger partial charge in [0.1, 0.15) is 0 Å². The van der Waals surface area contributed by atoms with E-state index in [2.05, 4.69) is 12.2 Å². The van der Waals surface area contributed by atoms with Crippen LogP contribution in [0.5, 0.6) is 0 Å². The molecule has 1 rings (SSSR count). The quantitative estimate of drug-likeness (QED) is 0.769. The van der Waals surface area contributed by atoms with Crippen LogP contribution in [0.1, 0.15) is 17.9 Å². The monoisotopic (exact) mass is 231 g/mol. The second kappa shape index (κ2) is 6.28. The molecule has 0 aromatic heterocycles. The van der Waals surface area contributed by atoms with Crippen LogP contribution >= 0.6 is 23.2 Å². The van der Waals surface area contributed by atoms with Crippen LogP contribution in [0.2, 0.25) is 0 Å². The van der Waals surface area contributed by atoms with E-state index in [0.29, 0.717) is 5.88 Å². The summed E-state index contributed by atoms with van der Waals surface area (Å²) < 4.78 is 0. The van der Waals surface area contributed by atoms with Gasteiger partial charge in [-0.3, -0.25) is 0 Å². The van der Waals surface area contributed by atoms with Gasteiger partial charge in [-0.15, -0.1) is 23.2 Å². The van der Waals surface area contributed by atoms with Crippen LogP contribution in [-0.4, -0.2) is 18.5 Å². The lowest BCUT2D eigenvalue weighted by molar-refractivity contribution is 0.553. The topological polar surface area (TPSA) is 12.0 Å². The molecule has 3 heteroatoms. The van der Waals surface area contributed by atoms with E-state index in [9.17, 15) is 0 Å². The number of hydrogen-bond donors (Lipinski definition) is 1. The molecule has 0 aliphatic rings. The maximum atomic E-state index is 6.29. The lowest BCUT2D eigenvalue weighted by Crippen LogP contribution is -2.31. The third-order valence-corrected chi connectivity index (χ3v) is 2.94. The summed E-state index contributed by atoms with van der Waals surface area (Å²) in [6.07, 6.45) is 0. The van der Waals surface area contributed by atoms with E-state index in [-0.39, 0.29) is 11.4 Å². The Kier molecular flexibility index (Phi) is 5.31. The molecule has 1 aromatic rings. The van der Waals surface area contributed by atoms with E-state index in [1.807, 2.05) is 30.3 Å². The van der Waals surface area contributed by atoms with E-state index in [1.54, 1.807) is 0 Å². The minimum Gasteiger partial charge on any atom is -0.311 e. The highest BCUT2D eigenvalue weighted by atomic mass is 35.5. The highest BCUT2D eigenvalue weighted by molar-refractivity contribution is 6.21. The number of benzene rings is 1. The Morgan fingerprint density at radius 1 is 1.29 bits per heavy atom. The van der Waals surface area contributed by atoms with Gasteiger partial charge in [0.25, 0.3) is 0 Å². The third-order valence-electron chi connectivity index (χ3n) is 2.12. The predicted molar refractivity (Wildman–Crippen MR) is 63.2 cm³/mol. The van der Waals surface area contributed by atoms with Crippen molar-refractivity contribution in [1.29, 1.82) is 0 Å². The van der Waals surface area contributed by atoms with Crippen LogP contribution < -0.4 is 5.32 Å². The molecule has 1 nitrogen and oxygen atoms in total. The zero-order chi connectivity index (χ0) is 10.4. The molecule has 0 saturated heterocycles. The highest BCUT2D eigenvalue weighted by Gasteiger charge is 2.14. The summed E-state index contributed by atoms with van der Waals surface area (Å²) >= 11 is 11.9. The first kappa shape index (κ1) is 11.8. The van der Waals surface area contributed by atoms with Crippen LogP contribution in [0, 0.1) is 0 Å². The first-order valence-electron chi connectivity index (χ1n) is 4.74. The molecule has 2 atom stereocenters. The van der Waals surface area contributed by atoms with Gasteiger partial charge < -0.3 is 5.32 Å². The maximum Gasteiger partial charge on any atom is 0.0735 e. The van der Waals surface area contributed by atoms with Gasteiger partial charge in [-0.05, 0) is 12.5 Å². The number of rotatable bonds is 5. The largest absolute Gasteiger partial charge is 0.311 e. The minimum absolute atomic E-state index is 0.000540. The third kappa shape index (κ3) is 3.49. The molecule has 2 unspecified atom stereocenters. The van der Waals surface area contributed by atoms with Crippen LogP contribution in [0.25, 0.3) is 0 Å². The summed E-state index contributed by atoms with van der Waals surface area (Å²) in [5.74, 6) is 0.614. The Hall–Kier alpha value is -0.240. The summed E-state index contributed by atoms with van der Waals surface area (Å²) in [7, 11) is 0. The van der Waals surface area contributed by atoms with Gasteiger partial charge in [0, 0.05) is 18.5 Å². The molecule has 0 saturated carbocycles. The second-order valence-electron chi connectivity index (χ2n) is 3.24. The Morgan fingerprint density at radius 2 is 1.93 bits per heavy atom. The second-order valence-corrected chi connectivity index (χ2v) is 4.09. The molecule has 0 bridgehead atoms. The Labute approximate surface area is 95.4 Å². The van der Waals surface area contributed by atoms with Gasteiger partial charge in [-0.25, -0.2) is 0 Å². The van der Waals surface area contributed by atoms with E-state index in [1.165, 1.54) is 0 Å². The Bertz CT molecular complexity index is 251. The van der Waals surface area contributed by atoms with Gasteiger partial charge in [-0.2, -0.15) is 0 Å². The van der Waals surface area contributed by atoms with Crippen molar-refractivity contribution in [3.8, 4) is 0 Å². The van der Waals surface area contributed by atoms with Gasteiger partial charge in [0.2, 0.25) is 0 Å².